The standard InChI is InChI=1S/C8H14OS/c1-10-8-4-2-7(6-9)3-5-8/h6-8H,2-5H2,1H3. The van der Waals surface area contributed by atoms with Crippen LogP contribution in [-0.4, -0.2) is 17.8 Å². The van der Waals surface area contributed by atoms with Crippen LogP contribution in [0, 0.1) is 5.92 Å². The first kappa shape index (κ1) is 8.12. The fourth-order valence-corrected chi connectivity index (χ4v) is 2.20. The van der Waals surface area contributed by atoms with Crippen molar-refractivity contribution in [3.8, 4) is 0 Å². The molecule has 0 unspecified atom stereocenters. The molecule has 1 rings (SSSR count). The summed E-state index contributed by atoms with van der Waals surface area (Å²) in [6.07, 6.45) is 8.00. The van der Waals surface area contributed by atoms with E-state index in [-0.39, 0.29) is 0 Å². The molecular weight excluding hydrogens is 144 g/mol. The Labute approximate surface area is 66.6 Å². The highest BCUT2D eigenvalue weighted by molar-refractivity contribution is 7.99. The van der Waals surface area contributed by atoms with E-state index in [9.17, 15) is 4.79 Å². The zero-order chi connectivity index (χ0) is 7.40. The number of hydrogen-bond acceptors (Lipinski definition) is 2. The molecule has 0 heterocycles. The zero-order valence-corrected chi connectivity index (χ0v) is 7.19. The minimum Gasteiger partial charge on any atom is -0.303 e. The minimum absolute atomic E-state index is 0.378. The van der Waals surface area contributed by atoms with Gasteiger partial charge in [0.15, 0.2) is 0 Å². The SMILES string of the molecule is CSC1CCC(C=O)CC1. The van der Waals surface area contributed by atoms with Gasteiger partial charge in [0.25, 0.3) is 0 Å². The first-order valence-corrected chi connectivity index (χ1v) is 5.13. The maximum absolute atomic E-state index is 10.3. The third kappa shape index (κ3) is 2.01. The fourth-order valence-electron chi connectivity index (χ4n) is 1.46. The van der Waals surface area contributed by atoms with Crippen molar-refractivity contribution in [2.45, 2.75) is 30.9 Å². The lowest BCUT2D eigenvalue weighted by molar-refractivity contribution is -0.111. The Hall–Kier alpha value is 0.0200. The quantitative estimate of drug-likeness (QED) is 0.572. The maximum atomic E-state index is 10.3. The topological polar surface area (TPSA) is 17.1 Å². The second kappa shape index (κ2) is 4.02. The number of thioether (sulfide) groups is 1. The molecule has 0 amide bonds. The molecule has 0 N–H and O–H groups in total. The molecule has 1 nitrogen and oxygen atoms in total. The van der Waals surface area contributed by atoms with Crippen molar-refractivity contribution in [3.05, 3.63) is 0 Å². The Bertz CT molecular complexity index is 106. The number of hydrogen-bond donors (Lipinski definition) is 0. The summed E-state index contributed by atoms with van der Waals surface area (Å²) in [5.74, 6) is 0.378. The smallest absolute Gasteiger partial charge is 0.123 e. The van der Waals surface area contributed by atoms with Gasteiger partial charge in [-0.15, -0.1) is 0 Å². The highest BCUT2D eigenvalue weighted by atomic mass is 32.2. The van der Waals surface area contributed by atoms with E-state index in [1.165, 1.54) is 12.8 Å². The highest BCUT2D eigenvalue weighted by Crippen LogP contribution is 2.29. The summed E-state index contributed by atoms with van der Waals surface area (Å²) in [6.45, 7) is 0. The molecule has 0 spiro atoms. The molecule has 0 aliphatic heterocycles. The van der Waals surface area contributed by atoms with Crippen LogP contribution in [0.5, 0.6) is 0 Å². The van der Waals surface area contributed by atoms with Crippen LogP contribution in [0.4, 0.5) is 0 Å². The normalized spacial score (nSPS) is 33.7. The lowest BCUT2D eigenvalue weighted by atomic mass is 9.90. The number of aldehydes is 1. The summed E-state index contributed by atoms with van der Waals surface area (Å²) in [5, 5.41) is 0.830. The lowest BCUT2D eigenvalue weighted by Gasteiger charge is -2.23. The van der Waals surface area contributed by atoms with Crippen LogP contribution in [0.2, 0.25) is 0 Å². The van der Waals surface area contributed by atoms with Crippen molar-refractivity contribution < 1.29 is 4.79 Å². The third-order valence-electron chi connectivity index (χ3n) is 2.24. The van der Waals surface area contributed by atoms with E-state index in [1.54, 1.807) is 0 Å². The minimum atomic E-state index is 0.378. The van der Waals surface area contributed by atoms with E-state index >= 15 is 0 Å². The number of rotatable bonds is 2. The number of carbonyl (C=O) groups excluding carboxylic acids is 1. The van der Waals surface area contributed by atoms with Gasteiger partial charge in [-0.1, -0.05) is 0 Å². The monoisotopic (exact) mass is 158 g/mol. The van der Waals surface area contributed by atoms with Gasteiger partial charge < -0.3 is 4.79 Å². The van der Waals surface area contributed by atoms with Gasteiger partial charge in [0.1, 0.15) is 6.29 Å². The van der Waals surface area contributed by atoms with Gasteiger partial charge in [-0.05, 0) is 31.9 Å². The highest BCUT2D eigenvalue weighted by Gasteiger charge is 2.19. The molecule has 1 aliphatic rings. The molecule has 0 aromatic carbocycles. The summed E-state index contributed by atoms with van der Waals surface area (Å²) in [4.78, 5) is 10.3. The van der Waals surface area contributed by atoms with E-state index in [4.69, 9.17) is 0 Å². The lowest BCUT2D eigenvalue weighted by Crippen LogP contribution is -2.16. The van der Waals surface area contributed by atoms with Crippen LogP contribution in [0.25, 0.3) is 0 Å². The fraction of sp³-hybridized carbons (Fsp3) is 0.875. The molecule has 10 heavy (non-hydrogen) atoms. The van der Waals surface area contributed by atoms with Gasteiger partial charge in [0.05, 0.1) is 0 Å². The molecule has 58 valence electrons. The van der Waals surface area contributed by atoms with Gasteiger partial charge in [-0.3, -0.25) is 0 Å². The maximum Gasteiger partial charge on any atom is 0.123 e. The Morgan fingerprint density at radius 1 is 1.30 bits per heavy atom. The molecule has 0 aromatic rings. The molecule has 1 saturated carbocycles. The molecule has 1 fully saturated rings. The van der Waals surface area contributed by atoms with Gasteiger partial charge in [-0.25, -0.2) is 0 Å². The van der Waals surface area contributed by atoms with Gasteiger partial charge in [-0.2, -0.15) is 11.8 Å². The van der Waals surface area contributed by atoms with Crippen molar-refractivity contribution in [1.82, 2.24) is 0 Å². The molecule has 0 atom stereocenters. The Kier molecular flexibility index (Phi) is 3.26. The zero-order valence-electron chi connectivity index (χ0n) is 6.38. The van der Waals surface area contributed by atoms with Crippen LogP contribution < -0.4 is 0 Å². The van der Waals surface area contributed by atoms with E-state index < -0.39 is 0 Å². The van der Waals surface area contributed by atoms with Crippen molar-refractivity contribution in [1.29, 1.82) is 0 Å². The first-order valence-electron chi connectivity index (χ1n) is 3.85. The molecular formula is C8H14OS. The van der Waals surface area contributed by atoms with Crippen molar-refractivity contribution >= 4 is 18.0 Å². The molecule has 0 saturated heterocycles. The Balaban J connectivity index is 2.23. The summed E-state index contributed by atoms with van der Waals surface area (Å²) in [6, 6.07) is 0. The predicted octanol–water partition coefficient (Wildman–Crippen LogP) is 2.11. The summed E-state index contributed by atoms with van der Waals surface area (Å²) in [7, 11) is 0. The molecule has 0 bridgehead atoms. The summed E-state index contributed by atoms with van der Waals surface area (Å²) >= 11 is 1.94. The van der Waals surface area contributed by atoms with Crippen LogP contribution in [0.15, 0.2) is 0 Å². The van der Waals surface area contributed by atoms with Crippen LogP contribution in [0.3, 0.4) is 0 Å². The van der Waals surface area contributed by atoms with E-state index in [2.05, 4.69) is 6.26 Å². The molecule has 2 heteroatoms. The van der Waals surface area contributed by atoms with Gasteiger partial charge in [0.2, 0.25) is 0 Å². The van der Waals surface area contributed by atoms with Gasteiger partial charge in [0, 0.05) is 11.2 Å². The summed E-state index contributed by atoms with van der Waals surface area (Å²) in [5.41, 5.74) is 0. The Morgan fingerprint density at radius 2 is 1.90 bits per heavy atom. The van der Waals surface area contributed by atoms with Gasteiger partial charge >= 0.3 is 0 Å². The predicted molar refractivity (Wildman–Crippen MR) is 45.3 cm³/mol. The summed E-state index contributed by atoms with van der Waals surface area (Å²) < 4.78 is 0. The van der Waals surface area contributed by atoms with E-state index in [0.717, 1.165) is 24.4 Å². The van der Waals surface area contributed by atoms with E-state index in [0.29, 0.717) is 5.92 Å². The van der Waals surface area contributed by atoms with E-state index in [1.807, 2.05) is 11.8 Å². The second-order valence-corrected chi connectivity index (χ2v) is 4.05. The molecule has 0 radical (unpaired) electrons. The van der Waals surface area contributed by atoms with Crippen LogP contribution in [-0.2, 0) is 4.79 Å². The van der Waals surface area contributed by atoms with Crippen molar-refractivity contribution in [2.24, 2.45) is 5.92 Å². The first-order chi connectivity index (χ1) is 4.86. The Morgan fingerprint density at radius 3 is 2.30 bits per heavy atom. The average Bonchev–Trinajstić information content (AvgIpc) is 2.05. The largest absolute Gasteiger partial charge is 0.303 e. The average molecular weight is 158 g/mol. The molecule has 1 aliphatic carbocycles. The third-order valence-corrected chi connectivity index (χ3v) is 3.38. The van der Waals surface area contributed by atoms with Crippen LogP contribution >= 0.6 is 11.8 Å². The molecule has 0 aromatic heterocycles. The van der Waals surface area contributed by atoms with Crippen molar-refractivity contribution in [3.63, 3.8) is 0 Å². The number of carbonyl (C=O) groups is 1. The van der Waals surface area contributed by atoms with Crippen molar-refractivity contribution in [2.75, 3.05) is 6.26 Å². The van der Waals surface area contributed by atoms with Crippen LogP contribution in [0.1, 0.15) is 25.7 Å². The second-order valence-electron chi connectivity index (χ2n) is 2.91.